The minimum absolute atomic E-state index is 0.241. The van der Waals surface area contributed by atoms with Crippen LogP contribution in [0.15, 0.2) is 16.8 Å². The Bertz CT molecular complexity index is 264. The highest BCUT2D eigenvalue weighted by Crippen LogP contribution is 2.19. The van der Waals surface area contributed by atoms with Crippen molar-refractivity contribution in [2.24, 2.45) is 5.11 Å². The van der Waals surface area contributed by atoms with E-state index in [1.165, 1.54) is 5.57 Å². The van der Waals surface area contributed by atoms with Gasteiger partial charge in [-0.2, -0.15) is 0 Å². The fraction of sp³-hybridized carbons (Fsp3) is 0.667. The summed E-state index contributed by atoms with van der Waals surface area (Å²) in [6.07, 6.45) is 6.20. The summed E-state index contributed by atoms with van der Waals surface area (Å²) in [5, 5.41) is 3.44. The molecular weight excluding hydrogens is 166 g/mol. The van der Waals surface area contributed by atoms with Crippen LogP contribution in [0.25, 0.3) is 10.4 Å². The van der Waals surface area contributed by atoms with E-state index in [1.54, 1.807) is 6.08 Å². The van der Waals surface area contributed by atoms with Gasteiger partial charge in [0.2, 0.25) is 0 Å². The van der Waals surface area contributed by atoms with E-state index >= 15 is 0 Å². The third-order valence-electron chi connectivity index (χ3n) is 2.11. The molecule has 0 atom stereocenters. The van der Waals surface area contributed by atoms with Gasteiger partial charge in [-0.25, -0.2) is 0 Å². The van der Waals surface area contributed by atoms with Crippen LogP contribution < -0.4 is 0 Å². The van der Waals surface area contributed by atoms with E-state index in [9.17, 15) is 4.79 Å². The molecule has 0 aromatic rings. The summed E-state index contributed by atoms with van der Waals surface area (Å²) in [5.41, 5.74) is 9.25. The van der Waals surface area contributed by atoms with Crippen LogP contribution in [-0.2, 0) is 4.79 Å². The molecule has 1 rings (SSSR count). The lowest BCUT2D eigenvalue weighted by Crippen LogP contribution is -2.02. The maximum absolute atomic E-state index is 11.0. The van der Waals surface area contributed by atoms with Crippen molar-refractivity contribution < 1.29 is 4.79 Å². The van der Waals surface area contributed by atoms with Gasteiger partial charge in [0.1, 0.15) is 0 Å². The molecule has 0 amide bonds. The van der Waals surface area contributed by atoms with E-state index in [4.69, 9.17) is 5.53 Å². The summed E-state index contributed by atoms with van der Waals surface area (Å²) in [6.45, 7) is 0.530. The van der Waals surface area contributed by atoms with Gasteiger partial charge in [0.05, 0.1) is 0 Å². The Morgan fingerprint density at radius 3 is 3.08 bits per heavy atom. The van der Waals surface area contributed by atoms with E-state index < -0.39 is 0 Å². The lowest BCUT2D eigenvalue weighted by molar-refractivity contribution is -0.115. The fourth-order valence-corrected chi connectivity index (χ4v) is 1.48. The highest BCUT2D eigenvalue weighted by molar-refractivity contribution is 5.91. The number of allylic oxidation sites excluding steroid dienone is 2. The second-order valence-electron chi connectivity index (χ2n) is 3.18. The van der Waals surface area contributed by atoms with Crippen molar-refractivity contribution in [1.29, 1.82) is 0 Å². The second kappa shape index (κ2) is 5.38. The molecule has 4 nitrogen and oxygen atoms in total. The Morgan fingerprint density at radius 1 is 1.54 bits per heavy atom. The number of carbonyl (C=O) groups excluding carboxylic acids is 1. The molecule has 70 valence electrons. The van der Waals surface area contributed by atoms with Gasteiger partial charge >= 0.3 is 0 Å². The average Bonchev–Trinajstić information content (AvgIpc) is 2.13. The maximum atomic E-state index is 11.0. The van der Waals surface area contributed by atoms with E-state index in [1.807, 2.05) is 0 Å². The van der Waals surface area contributed by atoms with Gasteiger partial charge in [0.25, 0.3) is 0 Å². The topological polar surface area (TPSA) is 65.8 Å². The SMILES string of the molecule is [N-]=[N+]=NCCCC1=CC(=O)CCC1. The minimum Gasteiger partial charge on any atom is -0.295 e. The van der Waals surface area contributed by atoms with Crippen LogP contribution in [-0.4, -0.2) is 12.3 Å². The van der Waals surface area contributed by atoms with Crippen molar-refractivity contribution in [2.45, 2.75) is 32.1 Å². The van der Waals surface area contributed by atoms with Crippen LogP contribution in [0.2, 0.25) is 0 Å². The van der Waals surface area contributed by atoms with Crippen LogP contribution in [0.5, 0.6) is 0 Å². The first-order valence-corrected chi connectivity index (χ1v) is 4.56. The third-order valence-corrected chi connectivity index (χ3v) is 2.11. The van der Waals surface area contributed by atoms with Crippen LogP contribution >= 0.6 is 0 Å². The number of nitrogens with zero attached hydrogens (tertiary/aromatic N) is 3. The summed E-state index contributed by atoms with van der Waals surface area (Å²) in [4.78, 5) is 13.7. The summed E-state index contributed by atoms with van der Waals surface area (Å²) in [7, 11) is 0. The summed E-state index contributed by atoms with van der Waals surface area (Å²) >= 11 is 0. The van der Waals surface area contributed by atoms with Crippen molar-refractivity contribution in [3.8, 4) is 0 Å². The van der Waals surface area contributed by atoms with E-state index in [0.717, 1.165) is 25.7 Å². The highest BCUT2D eigenvalue weighted by atomic mass is 16.1. The van der Waals surface area contributed by atoms with Crippen molar-refractivity contribution in [3.63, 3.8) is 0 Å². The van der Waals surface area contributed by atoms with Crippen LogP contribution in [0.4, 0.5) is 0 Å². The van der Waals surface area contributed by atoms with E-state index in [2.05, 4.69) is 10.0 Å². The zero-order valence-electron chi connectivity index (χ0n) is 7.57. The van der Waals surface area contributed by atoms with Gasteiger partial charge in [0.15, 0.2) is 5.78 Å². The highest BCUT2D eigenvalue weighted by Gasteiger charge is 2.08. The number of hydrogen-bond acceptors (Lipinski definition) is 2. The fourth-order valence-electron chi connectivity index (χ4n) is 1.48. The Labute approximate surface area is 77.3 Å². The molecule has 1 aliphatic carbocycles. The van der Waals surface area contributed by atoms with Crippen LogP contribution in [0.1, 0.15) is 32.1 Å². The molecule has 4 heteroatoms. The monoisotopic (exact) mass is 179 g/mol. The van der Waals surface area contributed by atoms with Crippen molar-refractivity contribution >= 4 is 5.78 Å². The molecule has 0 radical (unpaired) electrons. The van der Waals surface area contributed by atoms with Crippen molar-refractivity contribution in [3.05, 3.63) is 22.1 Å². The first-order valence-electron chi connectivity index (χ1n) is 4.56. The molecule has 0 saturated heterocycles. The number of carbonyl (C=O) groups is 1. The zero-order valence-corrected chi connectivity index (χ0v) is 7.57. The zero-order chi connectivity index (χ0) is 9.52. The normalized spacial score (nSPS) is 16.3. The molecule has 0 fully saturated rings. The predicted molar refractivity (Wildman–Crippen MR) is 50.2 cm³/mol. The molecule has 0 aliphatic heterocycles. The van der Waals surface area contributed by atoms with Crippen LogP contribution in [0.3, 0.4) is 0 Å². The Hall–Kier alpha value is -1.28. The molecular formula is C9H13N3O. The van der Waals surface area contributed by atoms with Gasteiger partial charge < -0.3 is 0 Å². The summed E-state index contributed by atoms with van der Waals surface area (Å²) in [6, 6.07) is 0. The molecule has 0 spiro atoms. The lowest BCUT2D eigenvalue weighted by atomic mass is 9.95. The third kappa shape index (κ3) is 3.76. The van der Waals surface area contributed by atoms with Crippen molar-refractivity contribution in [1.82, 2.24) is 0 Å². The molecule has 0 N–H and O–H groups in total. The molecule has 0 unspecified atom stereocenters. The first-order chi connectivity index (χ1) is 6.33. The van der Waals surface area contributed by atoms with Gasteiger partial charge in [-0.3, -0.25) is 4.79 Å². The van der Waals surface area contributed by atoms with Crippen LogP contribution in [0, 0.1) is 0 Å². The molecule has 0 heterocycles. The second-order valence-corrected chi connectivity index (χ2v) is 3.18. The smallest absolute Gasteiger partial charge is 0.155 e. The molecule has 0 bridgehead atoms. The Balaban J connectivity index is 2.27. The summed E-state index contributed by atoms with van der Waals surface area (Å²) in [5.74, 6) is 0.241. The average molecular weight is 179 g/mol. The van der Waals surface area contributed by atoms with Gasteiger partial charge in [0, 0.05) is 17.9 Å². The Kier molecular flexibility index (Phi) is 4.06. The summed E-state index contributed by atoms with van der Waals surface area (Å²) < 4.78 is 0. The standard InChI is InChI=1S/C9H13N3O/c10-12-11-6-2-4-8-3-1-5-9(13)7-8/h7H,1-6H2. The number of rotatable bonds is 4. The Morgan fingerprint density at radius 2 is 2.38 bits per heavy atom. The number of azide groups is 1. The largest absolute Gasteiger partial charge is 0.295 e. The number of ketones is 1. The van der Waals surface area contributed by atoms with E-state index in [0.29, 0.717) is 13.0 Å². The molecule has 0 aromatic heterocycles. The maximum Gasteiger partial charge on any atom is 0.155 e. The first kappa shape index (κ1) is 9.81. The van der Waals surface area contributed by atoms with Crippen molar-refractivity contribution in [2.75, 3.05) is 6.54 Å². The van der Waals surface area contributed by atoms with E-state index in [-0.39, 0.29) is 5.78 Å². The molecule has 13 heavy (non-hydrogen) atoms. The quantitative estimate of drug-likeness (QED) is 0.283. The van der Waals surface area contributed by atoms with Gasteiger partial charge in [-0.15, -0.1) is 0 Å². The predicted octanol–water partition coefficient (Wildman–Crippen LogP) is 2.76. The molecule has 0 saturated carbocycles. The lowest BCUT2D eigenvalue weighted by Gasteiger charge is -2.10. The molecule has 0 aromatic carbocycles. The minimum atomic E-state index is 0.241. The van der Waals surface area contributed by atoms with Gasteiger partial charge in [-0.05, 0) is 37.3 Å². The molecule has 1 aliphatic rings. The number of hydrogen-bond donors (Lipinski definition) is 0. The van der Waals surface area contributed by atoms with Gasteiger partial charge in [-0.1, -0.05) is 10.7 Å².